The van der Waals surface area contributed by atoms with Gasteiger partial charge in [0, 0.05) is 25.7 Å². The predicted octanol–water partition coefficient (Wildman–Crippen LogP) is 3.49. The van der Waals surface area contributed by atoms with E-state index < -0.39 is 0 Å². The Bertz CT molecular complexity index is 525. The molecule has 1 aliphatic heterocycles. The van der Waals surface area contributed by atoms with Gasteiger partial charge in [-0.1, -0.05) is 62.4 Å². The van der Waals surface area contributed by atoms with E-state index in [4.69, 9.17) is 5.73 Å². The highest BCUT2D eigenvalue weighted by molar-refractivity contribution is 5.85. The van der Waals surface area contributed by atoms with Crippen LogP contribution in [0, 0.1) is 5.92 Å². The lowest BCUT2D eigenvalue weighted by Crippen LogP contribution is -2.50. The predicted molar refractivity (Wildman–Crippen MR) is 109 cm³/mol. The first-order chi connectivity index (χ1) is 12.2. The summed E-state index contributed by atoms with van der Waals surface area (Å²) in [5.74, 6) is 0.717. The Hall–Kier alpha value is -1.10. The number of nitrogens with zero attached hydrogens (tertiary/aromatic N) is 1. The minimum atomic E-state index is -0.328. The fraction of sp³-hybridized carbons (Fsp3) is 0.667. The summed E-state index contributed by atoms with van der Waals surface area (Å²) in [6, 6.07) is 10.6. The van der Waals surface area contributed by atoms with Crippen LogP contribution in [0.3, 0.4) is 0 Å². The SMILES string of the molecule is Cl.NC(CC1CCCCC1)C(=O)NC1CCN(Cc2ccccc2)CC1. The molecule has 0 spiro atoms. The Morgan fingerprint density at radius 2 is 1.73 bits per heavy atom. The van der Waals surface area contributed by atoms with Crippen molar-refractivity contribution in [1.29, 1.82) is 0 Å². The maximum absolute atomic E-state index is 12.4. The van der Waals surface area contributed by atoms with E-state index in [0.717, 1.165) is 38.9 Å². The smallest absolute Gasteiger partial charge is 0.237 e. The normalized spacial score (nSPS) is 21.0. The van der Waals surface area contributed by atoms with Gasteiger partial charge >= 0.3 is 0 Å². The second kappa shape index (κ2) is 10.9. The van der Waals surface area contributed by atoms with E-state index in [1.807, 2.05) is 0 Å². The molecule has 4 nitrogen and oxygen atoms in total. The van der Waals surface area contributed by atoms with Crippen molar-refractivity contribution in [1.82, 2.24) is 10.2 Å². The van der Waals surface area contributed by atoms with Crippen molar-refractivity contribution in [2.24, 2.45) is 11.7 Å². The van der Waals surface area contributed by atoms with Crippen molar-refractivity contribution < 1.29 is 4.79 Å². The van der Waals surface area contributed by atoms with Crippen molar-refractivity contribution in [3.05, 3.63) is 35.9 Å². The van der Waals surface area contributed by atoms with Crippen LogP contribution in [0.25, 0.3) is 0 Å². The van der Waals surface area contributed by atoms with Gasteiger partial charge in [0.05, 0.1) is 6.04 Å². The summed E-state index contributed by atoms with van der Waals surface area (Å²) in [6.45, 7) is 3.08. The average molecular weight is 380 g/mol. The lowest BCUT2D eigenvalue weighted by atomic mass is 9.85. The monoisotopic (exact) mass is 379 g/mol. The number of halogens is 1. The van der Waals surface area contributed by atoms with Crippen LogP contribution in [-0.2, 0) is 11.3 Å². The van der Waals surface area contributed by atoms with Crippen LogP contribution >= 0.6 is 12.4 Å². The zero-order valence-corrected chi connectivity index (χ0v) is 16.6. The molecule has 1 saturated carbocycles. The third kappa shape index (κ3) is 6.57. The summed E-state index contributed by atoms with van der Waals surface area (Å²) in [5, 5.41) is 3.20. The summed E-state index contributed by atoms with van der Waals surface area (Å²) < 4.78 is 0. The van der Waals surface area contributed by atoms with Gasteiger partial charge in [-0.15, -0.1) is 12.4 Å². The number of nitrogens with two attached hydrogens (primary N) is 1. The largest absolute Gasteiger partial charge is 0.352 e. The lowest BCUT2D eigenvalue weighted by Gasteiger charge is -2.33. The number of piperidine rings is 1. The molecule has 0 bridgehead atoms. The summed E-state index contributed by atoms with van der Waals surface area (Å²) in [5.41, 5.74) is 7.53. The topological polar surface area (TPSA) is 58.4 Å². The number of likely N-dealkylation sites (tertiary alicyclic amines) is 1. The number of amides is 1. The van der Waals surface area contributed by atoms with E-state index in [-0.39, 0.29) is 30.4 Å². The van der Waals surface area contributed by atoms with E-state index in [0.29, 0.717) is 5.92 Å². The number of nitrogens with one attached hydrogen (secondary N) is 1. The van der Waals surface area contributed by atoms with Crippen LogP contribution < -0.4 is 11.1 Å². The van der Waals surface area contributed by atoms with E-state index in [9.17, 15) is 4.79 Å². The molecule has 1 unspecified atom stereocenters. The maximum atomic E-state index is 12.4. The Morgan fingerprint density at radius 1 is 1.08 bits per heavy atom. The van der Waals surface area contributed by atoms with Gasteiger partial charge in [-0.05, 0) is 30.7 Å². The summed E-state index contributed by atoms with van der Waals surface area (Å²) in [4.78, 5) is 14.9. The van der Waals surface area contributed by atoms with Gasteiger partial charge < -0.3 is 11.1 Å². The zero-order chi connectivity index (χ0) is 17.5. The molecule has 2 aliphatic rings. The summed E-state index contributed by atoms with van der Waals surface area (Å²) in [6.07, 6.45) is 9.36. The first kappa shape index (κ1) is 21.2. The first-order valence-corrected chi connectivity index (χ1v) is 10.0. The molecule has 1 aliphatic carbocycles. The van der Waals surface area contributed by atoms with Crippen LogP contribution in [0.2, 0.25) is 0 Å². The van der Waals surface area contributed by atoms with Gasteiger partial charge in [0.2, 0.25) is 5.91 Å². The fourth-order valence-electron chi connectivity index (χ4n) is 4.27. The van der Waals surface area contributed by atoms with E-state index >= 15 is 0 Å². The first-order valence-electron chi connectivity index (χ1n) is 10.0. The zero-order valence-electron chi connectivity index (χ0n) is 15.7. The van der Waals surface area contributed by atoms with Crippen LogP contribution in [0.4, 0.5) is 0 Å². The molecule has 1 amide bonds. The van der Waals surface area contributed by atoms with Crippen molar-refractivity contribution in [2.45, 2.75) is 70.0 Å². The maximum Gasteiger partial charge on any atom is 0.237 e. The molecule has 2 fully saturated rings. The Labute approximate surface area is 164 Å². The number of rotatable bonds is 6. The van der Waals surface area contributed by atoms with E-state index in [2.05, 4.69) is 40.5 Å². The minimum Gasteiger partial charge on any atom is -0.352 e. The van der Waals surface area contributed by atoms with Crippen LogP contribution in [-0.4, -0.2) is 36.0 Å². The molecule has 26 heavy (non-hydrogen) atoms. The van der Waals surface area contributed by atoms with Gasteiger partial charge in [-0.2, -0.15) is 0 Å². The number of carbonyl (C=O) groups excluding carboxylic acids is 1. The highest BCUT2D eigenvalue weighted by Gasteiger charge is 2.25. The van der Waals surface area contributed by atoms with Gasteiger partial charge in [0.25, 0.3) is 0 Å². The van der Waals surface area contributed by atoms with Gasteiger partial charge in [0.1, 0.15) is 0 Å². The molecule has 0 radical (unpaired) electrons. The van der Waals surface area contributed by atoms with Crippen LogP contribution in [0.5, 0.6) is 0 Å². The average Bonchev–Trinajstić information content (AvgIpc) is 2.65. The standard InChI is InChI=1S/C21H33N3O.ClH/c22-20(15-17-7-3-1-4-8-17)21(25)23-19-11-13-24(14-12-19)16-18-9-5-2-6-10-18;/h2,5-6,9-10,17,19-20H,1,3-4,7-8,11-16,22H2,(H,23,25);1H. The number of carbonyl (C=O) groups is 1. The third-order valence-corrected chi connectivity index (χ3v) is 5.83. The molecule has 1 atom stereocenters. The molecule has 5 heteroatoms. The molecule has 0 aromatic heterocycles. The third-order valence-electron chi connectivity index (χ3n) is 5.83. The molecule has 1 heterocycles. The minimum absolute atomic E-state index is 0. The molecular formula is C21H34ClN3O. The summed E-state index contributed by atoms with van der Waals surface area (Å²) >= 11 is 0. The van der Waals surface area contributed by atoms with Crippen molar-refractivity contribution in [3.63, 3.8) is 0 Å². The number of hydrogen-bond acceptors (Lipinski definition) is 3. The molecule has 146 valence electrons. The molecule has 1 aromatic carbocycles. The van der Waals surface area contributed by atoms with Gasteiger partial charge in [-0.25, -0.2) is 0 Å². The van der Waals surface area contributed by atoms with Crippen molar-refractivity contribution >= 4 is 18.3 Å². The quantitative estimate of drug-likeness (QED) is 0.795. The van der Waals surface area contributed by atoms with Gasteiger partial charge in [-0.3, -0.25) is 9.69 Å². The second-order valence-corrected chi connectivity index (χ2v) is 7.89. The van der Waals surface area contributed by atoms with Crippen LogP contribution in [0.1, 0.15) is 56.9 Å². The van der Waals surface area contributed by atoms with Gasteiger partial charge in [0.15, 0.2) is 0 Å². The Kier molecular flexibility index (Phi) is 8.89. The van der Waals surface area contributed by atoms with Crippen molar-refractivity contribution in [3.8, 4) is 0 Å². The lowest BCUT2D eigenvalue weighted by molar-refractivity contribution is -0.123. The second-order valence-electron chi connectivity index (χ2n) is 7.89. The summed E-state index contributed by atoms with van der Waals surface area (Å²) in [7, 11) is 0. The van der Waals surface area contributed by atoms with E-state index in [1.54, 1.807) is 0 Å². The molecular weight excluding hydrogens is 346 g/mol. The Morgan fingerprint density at radius 3 is 2.38 bits per heavy atom. The number of benzene rings is 1. The van der Waals surface area contributed by atoms with E-state index in [1.165, 1.54) is 37.7 Å². The highest BCUT2D eigenvalue weighted by Crippen LogP contribution is 2.27. The van der Waals surface area contributed by atoms with Crippen LogP contribution in [0.15, 0.2) is 30.3 Å². The highest BCUT2D eigenvalue weighted by atomic mass is 35.5. The van der Waals surface area contributed by atoms with Crippen molar-refractivity contribution in [2.75, 3.05) is 13.1 Å². The number of hydrogen-bond donors (Lipinski definition) is 2. The Balaban J connectivity index is 0.00000243. The fourth-order valence-corrected chi connectivity index (χ4v) is 4.27. The molecule has 3 N–H and O–H groups in total. The molecule has 3 rings (SSSR count). The molecule has 1 saturated heterocycles. The molecule has 1 aromatic rings.